The molecule has 2 aromatic rings. The van der Waals surface area contributed by atoms with E-state index in [4.69, 9.17) is 16.3 Å². The monoisotopic (exact) mass is 529 g/mol. The highest BCUT2D eigenvalue weighted by atomic mass is 35.5. The van der Waals surface area contributed by atoms with Gasteiger partial charge < -0.3 is 25.4 Å². The fraction of sp³-hybridized carbons (Fsp3) is 0.464. The van der Waals surface area contributed by atoms with Gasteiger partial charge in [-0.15, -0.1) is 0 Å². The minimum absolute atomic E-state index is 0.231. The predicted octanol–water partition coefficient (Wildman–Crippen LogP) is 4.90. The third-order valence-corrected chi connectivity index (χ3v) is 6.56. The maximum absolute atomic E-state index is 13.9. The molecule has 2 aromatic carbocycles. The van der Waals surface area contributed by atoms with E-state index in [1.165, 1.54) is 4.90 Å². The number of benzene rings is 2. The number of aliphatic hydroxyl groups excluding tert-OH is 1. The van der Waals surface area contributed by atoms with Gasteiger partial charge in [0.05, 0.1) is 17.3 Å². The lowest BCUT2D eigenvalue weighted by molar-refractivity contribution is -0.146. The van der Waals surface area contributed by atoms with Gasteiger partial charge in [-0.25, -0.2) is 4.79 Å². The summed E-state index contributed by atoms with van der Waals surface area (Å²) in [4.78, 5) is 41.7. The van der Waals surface area contributed by atoms with Gasteiger partial charge in [0.15, 0.2) is 0 Å². The standard InChI is InChI=1S/C28H36ClN3O5/c1-17-9-6-11-19(15-17)24(25(34)31-23-18(2)10-7-14-21(23)29)32(20-12-8-13-20)26(35)22(16-33)30-27(36)37-28(3,4)5/h6-7,9-11,14-15,20,22,24,33H,8,12-13,16H2,1-5H3,(H,30,36)(H,31,34). The molecule has 0 saturated heterocycles. The van der Waals surface area contributed by atoms with Crippen molar-refractivity contribution < 1.29 is 24.2 Å². The number of aliphatic hydroxyl groups is 1. The molecule has 2 atom stereocenters. The zero-order valence-corrected chi connectivity index (χ0v) is 22.8. The van der Waals surface area contributed by atoms with Crippen molar-refractivity contribution in [3.05, 3.63) is 64.2 Å². The number of anilines is 1. The van der Waals surface area contributed by atoms with Gasteiger partial charge in [-0.3, -0.25) is 9.59 Å². The Bertz CT molecular complexity index is 1120. The van der Waals surface area contributed by atoms with Crippen molar-refractivity contribution in [2.45, 2.75) is 77.6 Å². The Hall–Kier alpha value is -3.10. The van der Waals surface area contributed by atoms with Crippen LogP contribution in [0.3, 0.4) is 0 Å². The first-order valence-corrected chi connectivity index (χ1v) is 12.8. The maximum atomic E-state index is 13.9. The molecule has 1 fully saturated rings. The molecule has 1 saturated carbocycles. The quantitative estimate of drug-likeness (QED) is 0.450. The number of para-hydroxylation sites is 1. The third kappa shape index (κ3) is 7.23. The van der Waals surface area contributed by atoms with Crippen LogP contribution in [-0.2, 0) is 14.3 Å². The number of rotatable bonds is 8. The van der Waals surface area contributed by atoms with E-state index >= 15 is 0 Å². The first-order valence-electron chi connectivity index (χ1n) is 12.5. The van der Waals surface area contributed by atoms with Crippen molar-refractivity contribution in [3.63, 3.8) is 0 Å². The predicted molar refractivity (Wildman–Crippen MR) is 143 cm³/mol. The van der Waals surface area contributed by atoms with E-state index in [1.54, 1.807) is 39.0 Å². The van der Waals surface area contributed by atoms with Gasteiger partial charge in [0.2, 0.25) is 5.91 Å². The molecular weight excluding hydrogens is 494 g/mol. The Morgan fingerprint density at radius 1 is 1.14 bits per heavy atom. The smallest absolute Gasteiger partial charge is 0.408 e. The summed E-state index contributed by atoms with van der Waals surface area (Å²) in [6.07, 6.45) is 1.49. The number of hydrogen-bond donors (Lipinski definition) is 3. The van der Waals surface area contributed by atoms with E-state index in [9.17, 15) is 19.5 Å². The molecule has 1 aliphatic carbocycles. The minimum atomic E-state index is -1.28. The van der Waals surface area contributed by atoms with Crippen molar-refractivity contribution in [1.29, 1.82) is 0 Å². The number of carbonyl (C=O) groups excluding carboxylic acids is 3. The molecule has 3 N–H and O–H groups in total. The molecule has 0 spiro atoms. The van der Waals surface area contributed by atoms with Crippen LogP contribution in [0.1, 0.15) is 62.8 Å². The summed E-state index contributed by atoms with van der Waals surface area (Å²) >= 11 is 6.39. The van der Waals surface area contributed by atoms with Gasteiger partial charge in [-0.2, -0.15) is 0 Å². The molecule has 0 bridgehead atoms. The van der Waals surface area contributed by atoms with Gasteiger partial charge in [-0.1, -0.05) is 53.6 Å². The molecule has 200 valence electrons. The number of nitrogens with zero attached hydrogens (tertiary/aromatic N) is 1. The highest BCUT2D eigenvalue weighted by Crippen LogP contribution is 2.35. The number of aryl methyl sites for hydroxylation is 2. The van der Waals surface area contributed by atoms with Crippen LogP contribution >= 0.6 is 11.6 Å². The van der Waals surface area contributed by atoms with Crippen molar-refractivity contribution in [2.24, 2.45) is 0 Å². The molecule has 37 heavy (non-hydrogen) atoms. The van der Waals surface area contributed by atoms with Gasteiger partial charge >= 0.3 is 6.09 Å². The number of nitrogens with one attached hydrogen (secondary N) is 2. The molecule has 0 aliphatic heterocycles. The van der Waals surface area contributed by atoms with E-state index < -0.39 is 42.2 Å². The maximum Gasteiger partial charge on any atom is 0.408 e. The fourth-order valence-corrected chi connectivity index (χ4v) is 4.53. The molecule has 0 heterocycles. The van der Waals surface area contributed by atoms with Gasteiger partial charge in [0.25, 0.3) is 5.91 Å². The first kappa shape index (κ1) is 28.5. The van der Waals surface area contributed by atoms with Gasteiger partial charge in [-0.05, 0) is 71.1 Å². The summed E-state index contributed by atoms with van der Waals surface area (Å²) in [5.74, 6) is -0.994. The first-order chi connectivity index (χ1) is 17.4. The highest BCUT2D eigenvalue weighted by molar-refractivity contribution is 6.34. The van der Waals surface area contributed by atoms with E-state index in [0.29, 0.717) is 29.1 Å². The summed E-state index contributed by atoms with van der Waals surface area (Å²) in [6.45, 7) is 8.22. The highest BCUT2D eigenvalue weighted by Gasteiger charge is 2.42. The van der Waals surface area contributed by atoms with Crippen LogP contribution in [0.15, 0.2) is 42.5 Å². The van der Waals surface area contributed by atoms with Crippen molar-refractivity contribution in [3.8, 4) is 0 Å². The zero-order valence-electron chi connectivity index (χ0n) is 22.0. The van der Waals surface area contributed by atoms with Crippen molar-refractivity contribution in [2.75, 3.05) is 11.9 Å². The van der Waals surface area contributed by atoms with Crippen LogP contribution in [0.5, 0.6) is 0 Å². The fourth-order valence-electron chi connectivity index (χ4n) is 4.26. The van der Waals surface area contributed by atoms with Crippen LogP contribution < -0.4 is 10.6 Å². The van der Waals surface area contributed by atoms with E-state index in [1.807, 2.05) is 38.1 Å². The lowest BCUT2D eigenvalue weighted by Gasteiger charge is -2.43. The van der Waals surface area contributed by atoms with Gasteiger partial charge in [0, 0.05) is 6.04 Å². The number of ether oxygens (including phenoxy) is 1. The van der Waals surface area contributed by atoms with Crippen LogP contribution in [-0.4, -0.2) is 52.2 Å². The molecule has 1 aliphatic rings. The van der Waals surface area contributed by atoms with Crippen molar-refractivity contribution >= 4 is 35.2 Å². The second-order valence-electron chi connectivity index (χ2n) is 10.4. The molecule has 3 rings (SSSR count). The average molecular weight is 530 g/mol. The Morgan fingerprint density at radius 3 is 2.35 bits per heavy atom. The van der Waals surface area contributed by atoms with Crippen LogP contribution in [0.25, 0.3) is 0 Å². The number of alkyl carbamates (subject to hydrolysis) is 1. The number of carbonyl (C=O) groups is 3. The Labute approximate surface area is 223 Å². The molecule has 9 heteroatoms. The summed E-state index contributed by atoms with van der Waals surface area (Å²) < 4.78 is 5.29. The Morgan fingerprint density at radius 2 is 1.81 bits per heavy atom. The summed E-state index contributed by atoms with van der Waals surface area (Å²) in [5.41, 5.74) is 2.02. The number of halogens is 1. The van der Waals surface area contributed by atoms with Crippen LogP contribution in [0.4, 0.5) is 10.5 Å². The molecule has 2 unspecified atom stereocenters. The zero-order chi connectivity index (χ0) is 27.3. The van der Waals surface area contributed by atoms with E-state index in [-0.39, 0.29) is 6.04 Å². The molecular formula is C28H36ClN3O5. The minimum Gasteiger partial charge on any atom is -0.444 e. The lowest BCUT2D eigenvalue weighted by Crippen LogP contribution is -2.58. The summed E-state index contributed by atoms with van der Waals surface area (Å²) in [6, 6.07) is 10.2. The molecule has 0 aromatic heterocycles. The second-order valence-corrected chi connectivity index (χ2v) is 10.9. The Kier molecular flexibility index (Phi) is 9.21. The normalized spacial score (nSPS) is 15.2. The van der Waals surface area contributed by atoms with E-state index in [0.717, 1.165) is 17.5 Å². The number of hydrogen-bond acceptors (Lipinski definition) is 5. The molecule has 0 radical (unpaired) electrons. The largest absolute Gasteiger partial charge is 0.444 e. The van der Waals surface area contributed by atoms with E-state index in [2.05, 4.69) is 10.6 Å². The van der Waals surface area contributed by atoms with Gasteiger partial charge in [0.1, 0.15) is 17.7 Å². The number of amides is 3. The molecule has 8 nitrogen and oxygen atoms in total. The summed E-state index contributed by atoms with van der Waals surface area (Å²) in [5, 5.41) is 15.9. The lowest BCUT2D eigenvalue weighted by atomic mass is 9.88. The summed E-state index contributed by atoms with van der Waals surface area (Å²) in [7, 11) is 0. The Balaban J connectivity index is 2.01. The molecule has 3 amide bonds. The topological polar surface area (TPSA) is 108 Å². The van der Waals surface area contributed by atoms with Crippen LogP contribution in [0, 0.1) is 13.8 Å². The van der Waals surface area contributed by atoms with Crippen LogP contribution in [0.2, 0.25) is 5.02 Å². The average Bonchev–Trinajstić information content (AvgIpc) is 2.77. The second kappa shape index (κ2) is 12.0. The SMILES string of the molecule is Cc1cccc(C(C(=O)Nc2c(C)cccc2Cl)N(C(=O)C(CO)NC(=O)OC(C)(C)C)C2CCC2)c1. The third-order valence-electron chi connectivity index (χ3n) is 6.25. The van der Waals surface area contributed by atoms with Crippen molar-refractivity contribution in [1.82, 2.24) is 10.2 Å².